The lowest BCUT2D eigenvalue weighted by Gasteiger charge is -2.27. The summed E-state index contributed by atoms with van der Waals surface area (Å²) in [7, 11) is 1.86. The lowest BCUT2D eigenvalue weighted by molar-refractivity contribution is 0.0991. The number of aryl methyl sites for hydroxylation is 5. The van der Waals surface area contributed by atoms with Crippen molar-refractivity contribution in [1.29, 1.82) is 0 Å². The van der Waals surface area contributed by atoms with Gasteiger partial charge in [0.1, 0.15) is 34.8 Å². The molecule has 1 unspecified atom stereocenters. The third kappa shape index (κ3) is 7.77. The van der Waals surface area contributed by atoms with Crippen LogP contribution in [0.25, 0.3) is 22.1 Å². The highest BCUT2D eigenvalue weighted by atomic mass is 16.5. The lowest BCUT2D eigenvalue weighted by Crippen LogP contribution is -2.26. The highest BCUT2D eigenvalue weighted by molar-refractivity contribution is 6.04. The van der Waals surface area contributed by atoms with Crippen molar-refractivity contribution in [2.75, 3.05) is 37.4 Å². The monoisotopic (exact) mass is 795 g/mol. The lowest BCUT2D eigenvalue weighted by atomic mass is 10.1. The fraction of sp³-hybridized carbons (Fsp3) is 0.410. The van der Waals surface area contributed by atoms with E-state index in [1.807, 2.05) is 49.9 Å². The Bertz CT molecular complexity index is 2510. The minimum Gasteiger partial charge on any atom is -0.491 e. The predicted octanol–water partition coefficient (Wildman–Crippen LogP) is 3.39. The Morgan fingerprint density at radius 3 is 2.29 bits per heavy atom. The van der Waals surface area contributed by atoms with Crippen molar-refractivity contribution >= 4 is 51.7 Å². The number of aliphatic hydroxyl groups is 1. The molecule has 0 radical (unpaired) electrons. The van der Waals surface area contributed by atoms with Crippen LogP contribution >= 0.6 is 0 Å². The van der Waals surface area contributed by atoms with Crippen LogP contribution in [0.5, 0.6) is 11.5 Å². The number of nitrogens with zero attached hydrogens (tertiary/aromatic N) is 8. The van der Waals surface area contributed by atoms with E-state index < -0.39 is 18.0 Å². The van der Waals surface area contributed by atoms with Gasteiger partial charge in [0.15, 0.2) is 6.23 Å². The summed E-state index contributed by atoms with van der Waals surface area (Å²) >= 11 is 0. The van der Waals surface area contributed by atoms with Crippen LogP contribution in [-0.4, -0.2) is 88.3 Å². The maximum atomic E-state index is 13.7. The van der Waals surface area contributed by atoms with Crippen LogP contribution in [0.15, 0.2) is 36.4 Å². The number of imidazole rings is 2. The number of nitrogens with one attached hydrogen (secondary N) is 3. The number of amides is 3. The highest BCUT2D eigenvalue weighted by Crippen LogP contribution is 2.39. The van der Waals surface area contributed by atoms with Crippen LogP contribution in [-0.2, 0) is 19.6 Å². The number of rotatable bonds is 18. The predicted molar refractivity (Wildman–Crippen MR) is 216 cm³/mol. The third-order valence-corrected chi connectivity index (χ3v) is 10.1. The first-order chi connectivity index (χ1) is 27.9. The summed E-state index contributed by atoms with van der Waals surface area (Å²) in [5.41, 5.74) is 16.4. The normalized spacial score (nSPS) is 14.1. The minimum absolute atomic E-state index is 0.214. The Balaban J connectivity index is 1.24. The van der Waals surface area contributed by atoms with Gasteiger partial charge in [-0.1, -0.05) is 0 Å². The summed E-state index contributed by atoms with van der Waals surface area (Å²) in [6, 6.07) is 9.63. The SMILES string of the molecule is CCn1nc(C)cc1C(=O)Nc1nc2cc(C(N)=O)cc3c2n1[C@@H](CCCn1c(NC(O)c2cc(C)nn2CC)nc2cc(C(N)=O)cc(OCCCNC)c21)CO3. The molecule has 0 saturated carbocycles. The second kappa shape index (κ2) is 16.6. The van der Waals surface area contributed by atoms with Crippen molar-refractivity contribution in [3.8, 4) is 11.5 Å². The first kappa shape index (κ1) is 39.8. The molecule has 3 amide bonds. The number of anilines is 2. The molecule has 2 aromatic carbocycles. The molecule has 0 bridgehead atoms. The average Bonchev–Trinajstić information content (AvgIpc) is 3.97. The molecule has 0 spiro atoms. The Morgan fingerprint density at radius 1 is 0.914 bits per heavy atom. The molecule has 4 aromatic heterocycles. The fourth-order valence-electron chi connectivity index (χ4n) is 7.46. The molecule has 8 N–H and O–H groups in total. The number of carbonyl (C=O) groups excluding carboxylic acids is 3. The maximum absolute atomic E-state index is 13.7. The molecule has 1 aliphatic heterocycles. The van der Waals surface area contributed by atoms with Crippen LogP contribution in [0, 0.1) is 13.8 Å². The Kier molecular flexibility index (Phi) is 11.3. The van der Waals surface area contributed by atoms with Crippen molar-refractivity contribution in [3.05, 3.63) is 70.3 Å². The second-order valence-corrected chi connectivity index (χ2v) is 14.2. The summed E-state index contributed by atoms with van der Waals surface area (Å²) in [4.78, 5) is 48.0. The van der Waals surface area contributed by atoms with Gasteiger partial charge in [0.2, 0.25) is 23.7 Å². The number of hydrogen-bond acceptors (Lipinski definition) is 12. The number of ether oxygens (including phenoxy) is 2. The number of hydrogen-bond donors (Lipinski definition) is 6. The molecule has 1 aliphatic rings. The molecule has 5 heterocycles. The molecule has 58 heavy (non-hydrogen) atoms. The van der Waals surface area contributed by atoms with Crippen LogP contribution in [0.2, 0.25) is 0 Å². The molecule has 19 nitrogen and oxygen atoms in total. The number of carbonyl (C=O) groups is 3. The van der Waals surface area contributed by atoms with E-state index in [1.54, 1.807) is 39.7 Å². The van der Waals surface area contributed by atoms with Crippen LogP contribution < -0.4 is 36.9 Å². The van der Waals surface area contributed by atoms with Crippen molar-refractivity contribution in [2.45, 2.75) is 78.9 Å². The summed E-state index contributed by atoms with van der Waals surface area (Å²) in [5, 5.41) is 29.7. The average molecular weight is 796 g/mol. The number of aromatic nitrogens is 8. The minimum atomic E-state index is -1.17. The molecule has 2 atom stereocenters. The van der Waals surface area contributed by atoms with Gasteiger partial charge < -0.3 is 45.8 Å². The molecule has 7 rings (SSSR count). The molecule has 0 fully saturated rings. The molecular formula is C39H49N13O6. The molecule has 0 saturated heterocycles. The summed E-state index contributed by atoms with van der Waals surface area (Å²) < 4.78 is 19.7. The van der Waals surface area contributed by atoms with Gasteiger partial charge in [-0.3, -0.25) is 29.1 Å². The summed E-state index contributed by atoms with van der Waals surface area (Å²) in [6.45, 7) is 10.3. The quantitative estimate of drug-likeness (QED) is 0.0541. The molecule has 0 aliphatic carbocycles. The van der Waals surface area contributed by atoms with E-state index >= 15 is 0 Å². The Labute approximate surface area is 333 Å². The van der Waals surface area contributed by atoms with E-state index in [4.69, 9.17) is 30.9 Å². The zero-order valence-electron chi connectivity index (χ0n) is 33.2. The van der Waals surface area contributed by atoms with Crippen molar-refractivity contribution in [3.63, 3.8) is 0 Å². The largest absolute Gasteiger partial charge is 0.491 e. The smallest absolute Gasteiger partial charge is 0.276 e. The number of benzene rings is 2. The number of fused-ring (bicyclic) bond motifs is 1. The summed E-state index contributed by atoms with van der Waals surface area (Å²) in [6.07, 6.45) is 0.633. The molecule has 6 aromatic rings. The van der Waals surface area contributed by atoms with Crippen LogP contribution in [0.4, 0.5) is 11.9 Å². The van der Waals surface area contributed by atoms with E-state index in [9.17, 15) is 19.5 Å². The van der Waals surface area contributed by atoms with Crippen molar-refractivity contribution < 1.29 is 29.0 Å². The van der Waals surface area contributed by atoms with Gasteiger partial charge in [-0.2, -0.15) is 10.2 Å². The van der Waals surface area contributed by atoms with Gasteiger partial charge in [-0.15, -0.1) is 0 Å². The van der Waals surface area contributed by atoms with Crippen molar-refractivity contribution in [2.24, 2.45) is 11.5 Å². The molecule has 306 valence electrons. The van der Waals surface area contributed by atoms with E-state index in [0.717, 1.165) is 12.2 Å². The maximum Gasteiger partial charge on any atom is 0.276 e. The van der Waals surface area contributed by atoms with E-state index in [2.05, 4.69) is 26.1 Å². The third-order valence-electron chi connectivity index (χ3n) is 10.1. The Hall–Kier alpha value is -6.47. The first-order valence-electron chi connectivity index (χ1n) is 19.3. The highest BCUT2D eigenvalue weighted by Gasteiger charge is 2.30. The summed E-state index contributed by atoms with van der Waals surface area (Å²) in [5.74, 6) is -0.153. The van der Waals surface area contributed by atoms with E-state index in [1.165, 1.54) is 0 Å². The van der Waals surface area contributed by atoms with Gasteiger partial charge in [-0.05, 0) is 96.9 Å². The zero-order valence-corrected chi connectivity index (χ0v) is 33.2. The van der Waals surface area contributed by atoms with Crippen LogP contribution in [0.3, 0.4) is 0 Å². The second-order valence-electron chi connectivity index (χ2n) is 14.2. The van der Waals surface area contributed by atoms with Gasteiger partial charge in [-0.25, -0.2) is 9.97 Å². The van der Waals surface area contributed by atoms with Gasteiger partial charge >= 0.3 is 0 Å². The van der Waals surface area contributed by atoms with E-state index in [-0.39, 0.29) is 35.6 Å². The topological polar surface area (TPSA) is 249 Å². The van der Waals surface area contributed by atoms with Gasteiger partial charge in [0.25, 0.3) is 5.91 Å². The number of aliphatic hydroxyl groups excluding tert-OH is 1. The Morgan fingerprint density at radius 2 is 1.59 bits per heavy atom. The zero-order chi connectivity index (χ0) is 41.2. The molecule has 19 heteroatoms. The van der Waals surface area contributed by atoms with E-state index in [0.29, 0.717) is 102 Å². The van der Waals surface area contributed by atoms with Crippen LogP contribution in [0.1, 0.15) is 93.7 Å². The first-order valence-corrected chi connectivity index (χ1v) is 19.3. The fourth-order valence-corrected chi connectivity index (χ4v) is 7.46. The molecular weight excluding hydrogens is 747 g/mol. The standard InChI is InChI=1S/C39H49N13O6/c1-6-50-28(14-21(3)47-50)36(55)45-38-43-26-16-23(34(40)53)18-30(57-13-9-11-42-5)32(26)49(38)12-8-10-25-20-58-31-19-24(35(41)54)17-27-33(31)52(25)39(44-27)46-37(56)29-15-22(4)48-51(29)7-2/h14-19,25,36,42,55H,6-13,20H2,1-5H3,(H2,40,53)(H2,41,54)(H,43,45)(H,44,46,56)/t25-,36?/m0/s1. The van der Waals surface area contributed by atoms with Crippen molar-refractivity contribution in [1.82, 2.24) is 44.0 Å². The van der Waals surface area contributed by atoms with Gasteiger partial charge in [0, 0.05) is 30.8 Å². The number of nitrogens with two attached hydrogens (primary N) is 2. The number of primary amides is 2. The van der Waals surface area contributed by atoms with Gasteiger partial charge in [0.05, 0.1) is 40.8 Å².